The molecule has 2 heterocycles. The molecule has 0 spiro atoms. The molecule has 0 aliphatic rings. The third-order valence-electron chi connectivity index (χ3n) is 2.12. The van der Waals surface area contributed by atoms with Crippen LogP contribution in [0.15, 0.2) is 30.5 Å². The van der Waals surface area contributed by atoms with Crippen molar-refractivity contribution in [3.05, 3.63) is 46.9 Å². The van der Waals surface area contributed by atoms with Crippen molar-refractivity contribution in [2.45, 2.75) is 0 Å². The van der Waals surface area contributed by atoms with Crippen molar-refractivity contribution in [1.82, 2.24) is 15.2 Å². The van der Waals surface area contributed by atoms with Crippen molar-refractivity contribution in [2.75, 3.05) is 5.32 Å². The van der Waals surface area contributed by atoms with Crippen LogP contribution in [0, 0.1) is 0 Å². The summed E-state index contributed by atoms with van der Waals surface area (Å²) >= 11 is 5.55. The normalized spacial score (nSPS) is 9.95. The van der Waals surface area contributed by atoms with Crippen molar-refractivity contribution < 1.29 is 14.7 Å². The average molecular weight is 279 g/mol. The van der Waals surface area contributed by atoms with E-state index in [1.54, 1.807) is 0 Å². The summed E-state index contributed by atoms with van der Waals surface area (Å²) in [4.78, 5) is 26.2. The van der Waals surface area contributed by atoms with E-state index in [9.17, 15) is 9.59 Å². The number of carboxylic acid groups (broad SMARTS) is 1. The number of nitrogens with zero attached hydrogens (tertiary/aromatic N) is 3. The minimum absolute atomic E-state index is 0.0317. The summed E-state index contributed by atoms with van der Waals surface area (Å²) in [6.07, 6.45) is 1.14. The van der Waals surface area contributed by atoms with Crippen LogP contribution in [0.25, 0.3) is 0 Å². The first-order valence-corrected chi connectivity index (χ1v) is 5.44. The zero-order valence-corrected chi connectivity index (χ0v) is 10.1. The molecule has 0 aromatic carbocycles. The lowest BCUT2D eigenvalue weighted by molar-refractivity contribution is 0.0696. The minimum atomic E-state index is -1.09. The Morgan fingerprint density at radius 1 is 1.16 bits per heavy atom. The zero-order chi connectivity index (χ0) is 13.8. The molecule has 7 nitrogen and oxygen atoms in total. The van der Waals surface area contributed by atoms with Crippen LogP contribution in [0.1, 0.15) is 20.8 Å². The van der Waals surface area contributed by atoms with Crippen molar-refractivity contribution in [2.24, 2.45) is 0 Å². The van der Waals surface area contributed by atoms with Gasteiger partial charge in [0, 0.05) is 6.20 Å². The number of pyridine rings is 1. The molecule has 19 heavy (non-hydrogen) atoms. The standard InChI is InChI=1S/C11H7ClN4O3/c12-8-3-2-7(15-16-8)10(17)14-9-4-1-6(5-13-9)11(18)19/h1-5H,(H,18,19)(H,13,14,17). The van der Waals surface area contributed by atoms with Gasteiger partial charge in [-0.1, -0.05) is 11.6 Å². The van der Waals surface area contributed by atoms with Crippen molar-refractivity contribution >= 4 is 29.3 Å². The molecule has 0 saturated heterocycles. The van der Waals surface area contributed by atoms with Crippen LogP contribution >= 0.6 is 11.6 Å². The van der Waals surface area contributed by atoms with E-state index in [0.29, 0.717) is 0 Å². The molecule has 0 atom stereocenters. The highest BCUT2D eigenvalue weighted by molar-refractivity contribution is 6.29. The summed E-state index contributed by atoms with van der Waals surface area (Å²) in [5, 5.41) is 18.5. The highest BCUT2D eigenvalue weighted by Gasteiger charge is 2.10. The van der Waals surface area contributed by atoms with Gasteiger partial charge in [0.2, 0.25) is 0 Å². The van der Waals surface area contributed by atoms with Gasteiger partial charge >= 0.3 is 5.97 Å². The number of anilines is 1. The average Bonchev–Trinajstić information content (AvgIpc) is 2.40. The summed E-state index contributed by atoms with van der Waals surface area (Å²) in [7, 11) is 0. The molecule has 2 rings (SSSR count). The molecule has 0 bridgehead atoms. The zero-order valence-electron chi connectivity index (χ0n) is 9.37. The maximum Gasteiger partial charge on any atom is 0.337 e. The van der Waals surface area contributed by atoms with Crippen LogP contribution in [0.4, 0.5) is 5.82 Å². The third kappa shape index (κ3) is 3.23. The number of aromatic nitrogens is 3. The molecule has 96 valence electrons. The number of rotatable bonds is 3. The van der Waals surface area contributed by atoms with E-state index in [2.05, 4.69) is 20.5 Å². The van der Waals surface area contributed by atoms with Gasteiger partial charge in [0.1, 0.15) is 5.82 Å². The second kappa shape index (κ2) is 5.40. The van der Waals surface area contributed by atoms with Gasteiger partial charge in [0.05, 0.1) is 5.56 Å². The molecule has 2 N–H and O–H groups in total. The van der Waals surface area contributed by atoms with Gasteiger partial charge in [0.25, 0.3) is 5.91 Å². The van der Waals surface area contributed by atoms with Gasteiger partial charge in [0.15, 0.2) is 10.8 Å². The number of nitrogens with one attached hydrogen (secondary N) is 1. The van der Waals surface area contributed by atoms with Crippen molar-refractivity contribution in [1.29, 1.82) is 0 Å². The van der Waals surface area contributed by atoms with E-state index in [-0.39, 0.29) is 22.2 Å². The molecule has 2 aromatic rings. The number of aromatic carboxylic acids is 1. The predicted octanol–water partition coefficient (Wildman–Crippen LogP) is 1.48. The molecule has 0 saturated carbocycles. The number of carboxylic acids is 1. The number of amides is 1. The van der Waals surface area contributed by atoms with E-state index in [1.807, 2.05) is 0 Å². The number of hydrogen-bond acceptors (Lipinski definition) is 5. The lowest BCUT2D eigenvalue weighted by Crippen LogP contribution is -2.15. The Kier molecular flexibility index (Phi) is 3.67. The Morgan fingerprint density at radius 2 is 1.95 bits per heavy atom. The lowest BCUT2D eigenvalue weighted by Gasteiger charge is -2.03. The first-order chi connectivity index (χ1) is 9.06. The highest BCUT2D eigenvalue weighted by Crippen LogP contribution is 2.08. The topological polar surface area (TPSA) is 105 Å². The number of carbonyl (C=O) groups excluding carboxylic acids is 1. The first kappa shape index (κ1) is 12.9. The third-order valence-corrected chi connectivity index (χ3v) is 2.32. The van der Waals surface area contributed by atoms with Gasteiger partial charge in [-0.05, 0) is 24.3 Å². The maximum atomic E-state index is 11.7. The number of hydrogen-bond donors (Lipinski definition) is 2. The quantitative estimate of drug-likeness (QED) is 0.881. The van der Waals surface area contributed by atoms with E-state index >= 15 is 0 Å². The first-order valence-electron chi connectivity index (χ1n) is 5.06. The summed E-state index contributed by atoms with van der Waals surface area (Å²) in [6.45, 7) is 0. The molecule has 0 aliphatic heterocycles. The van der Waals surface area contributed by atoms with Crippen LogP contribution < -0.4 is 5.32 Å². The molecule has 0 radical (unpaired) electrons. The van der Waals surface area contributed by atoms with Crippen LogP contribution in [-0.2, 0) is 0 Å². The summed E-state index contributed by atoms with van der Waals surface area (Å²) < 4.78 is 0. The molecular weight excluding hydrogens is 272 g/mol. The maximum absolute atomic E-state index is 11.7. The van der Waals surface area contributed by atoms with Gasteiger partial charge in [-0.25, -0.2) is 9.78 Å². The number of carbonyl (C=O) groups is 2. The van der Waals surface area contributed by atoms with Gasteiger partial charge < -0.3 is 10.4 Å². The minimum Gasteiger partial charge on any atom is -0.478 e. The van der Waals surface area contributed by atoms with E-state index < -0.39 is 11.9 Å². The molecule has 1 amide bonds. The second-order valence-electron chi connectivity index (χ2n) is 3.43. The van der Waals surface area contributed by atoms with Crippen LogP contribution in [-0.4, -0.2) is 32.2 Å². The van der Waals surface area contributed by atoms with Crippen LogP contribution in [0.3, 0.4) is 0 Å². The molecule has 2 aromatic heterocycles. The lowest BCUT2D eigenvalue weighted by atomic mass is 10.3. The van der Waals surface area contributed by atoms with Gasteiger partial charge in [-0.15, -0.1) is 10.2 Å². The Balaban J connectivity index is 2.10. The monoisotopic (exact) mass is 278 g/mol. The fourth-order valence-electron chi connectivity index (χ4n) is 1.21. The Hall–Kier alpha value is -2.54. The number of halogens is 1. The van der Waals surface area contributed by atoms with Gasteiger partial charge in [-0.3, -0.25) is 4.79 Å². The summed E-state index contributed by atoms with van der Waals surface area (Å²) in [6, 6.07) is 5.56. The Morgan fingerprint density at radius 3 is 2.47 bits per heavy atom. The van der Waals surface area contributed by atoms with E-state index in [1.165, 1.54) is 24.3 Å². The highest BCUT2D eigenvalue weighted by atomic mass is 35.5. The summed E-state index contributed by atoms with van der Waals surface area (Å²) in [5.41, 5.74) is 0.109. The Bertz CT molecular complexity index is 613. The SMILES string of the molecule is O=C(O)c1ccc(NC(=O)c2ccc(Cl)nn2)nc1. The molecule has 8 heteroatoms. The molecular formula is C11H7ClN4O3. The fraction of sp³-hybridized carbons (Fsp3) is 0. The van der Waals surface area contributed by atoms with Crippen LogP contribution in [0.5, 0.6) is 0 Å². The fourth-order valence-corrected chi connectivity index (χ4v) is 1.31. The smallest absolute Gasteiger partial charge is 0.337 e. The van der Waals surface area contributed by atoms with E-state index in [4.69, 9.17) is 16.7 Å². The second-order valence-corrected chi connectivity index (χ2v) is 3.82. The molecule has 0 unspecified atom stereocenters. The molecule has 0 aliphatic carbocycles. The van der Waals surface area contributed by atoms with Crippen molar-refractivity contribution in [3.8, 4) is 0 Å². The Labute approximate surface area is 112 Å². The molecule has 0 fully saturated rings. The van der Waals surface area contributed by atoms with Gasteiger partial charge in [-0.2, -0.15) is 0 Å². The van der Waals surface area contributed by atoms with Crippen molar-refractivity contribution in [3.63, 3.8) is 0 Å². The predicted molar refractivity (Wildman–Crippen MR) is 66.2 cm³/mol. The van der Waals surface area contributed by atoms with Crippen LogP contribution in [0.2, 0.25) is 5.15 Å². The van der Waals surface area contributed by atoms with E-state index in [0.717, 1.165) is 6.20 Å². The largest absolute Gasteiger partial charge is 0.478 e. The summed E-state index contributed by atoms with van der Waals surface area (Å²) in [5.74, 6) is -1.39.